The van der Waals surface area contributed by atoms with Gasteiger partial charge in [0.1, 0.15) is 5.75 Å². The van der Waals surface area contributed by atoms with Crippen LogP contribution in [0.25, 0.3) is 0 Å². The number of nitrogens with zero attached hydrogens (tertiary/aromatic N) is 1. The third kappa shape index (κ3) is 4.77. The van der Waals surface area contributed by atoms with E-state index in [4.69, 9.17) is 0 Å². The number of amides is 1. The van der Waals surface area contributed by atoms with Crippen LogP contribution in [0.5, 0.6) is 5.75 Å². The lowest BCUT2D eigenvalue weighted by atomic mass is 10.1. The zero-order valence-electron chi connectivity index (χ0n) is 17.2. The summed E-state index contributed by atoms with van der Waals surface area (Å²) in [6, 6.07) is 24.0. The number of carbonyl (C=O) groups is 1. The summed E-state index contributed by atoms with van der Waals surface area (Å²) in [6.45, 7) is 1.97. The number of nitrogens with one attached hydrogen (secondary N) is 1. The largest absolute Gasteiger partial charge is 0.573 e. The summed E-state index contributed by atoms with van der Waals surface area (Å²) in [7, 11) is 0. The molecule has 3 aromatic rings. The monoisotopic (exact) mass is 438 g/mol. The molecule has 4 rings (SSSR count). The second-order valence-corrected chi connectivity index (χ2v) is 7.43. The van der Waals surface area contributed by atoms with Crippen LogP contribution < -0.4 is 15.0 Å². The number of anilines is 1. The Hall–Kier alpha value is -3.74. The van der Waals surface area contributed by atoms with Gasteiger partial charge in [-0.3, -0.25) is 9.69 Å². The van der Waals surface area contributed by atoms with Crippen LogP contribution in [0, 0.1) is 0 Å². The first-order chi connectivity index (χ1) is 15.3. The SMILES string of the molecule is C[C@@H](NC1=C[C@H](c2ccccc2)N(c2ccc(OC(F)(F)F)cc2)C1=O)c1ccccc1. The highest BCUT2D eigenvalue weighted by atomic mass is 19.4. The minimum absolute atomic E-state index is 0.106. The van der Waals surface area contributed by atoms with Crippen LogP contribution in [0.3, 0.4) is 0 Å². The molecule has 1 heterocycles. The zero-order valence-corrected chi connectivity index (χ0v) is 17.2. The predicted molar refractivity (Wildman–Crippen MR) is 116 cm³/mol. The Bertz CT molecular complexity index is 1100. The van der Waals surface area contributed by atoms with Crippen LogP contribution in [0.1, 0.15) is 30.1 Å². The molecule has 1 amide bonds. The molecule has 32 heavy (non-hydrogen) atoms. The molecule has 0 radical (unpaired) electrons. The highest BCUT2D eigenvalue weighted by molar-refractivity contribution is 6.08. The Kier molecular flexibility index (Phi) is 5.90. The molecule has 0 saturated heterocycles. The van der Waals surface area contributed by atoms with Crippen molar-refractivity contribution in [2.45, 2.75) is 25.4 Å². The number of halogens is 3. The van der Waals surface area contributed by atoms with Crippen molar-refractivity contribution in [3.8, 4) is 5.75 Å². The molecule has 1 N–H and O–H groups in total. The lowest BCUT2D eigenvalue weighted by Crippen LogP contribution is -2.33. The van der Waals surface area contributed by atoms with Crippen molar-refractivity contribution in [2.24, 2.45) is 0 Å². The minimum atomic E-state index is -4.77. The Morgan fingerprint density at radius 2 is 1.50 bits per heavy atom. The van der Waals surface area contributed by atoms with Gasteiger partial charge in [0.15, 0.2) is 0 Å². The molecule has 0 aliphatic carbocycles. The molecule has 1 aliphatic heterocycles. The second-order valence-electron chi connectivity index (χ2n) is 7.43. The quantitative estimate of drug-likeness (QED) is 0.520. The predicted octanol–water partition coefficient (Wildman–Crippen LogP) is 5.91. The molecule has 0 unspecified atom stereocenters. The van der Waals surface area contributed by atoms with E-state index in [1.807, 2.05) is 73.7 Å². The fourth-order valence-corrected chi connectivity index (χ4v) is 3.71. The number of carbonyl (C=O) groups excluding carboxylic acids is 1. The van der Waals surface area contributed by atoms with Gasteiger partial charge in [-0.25, -0.2) is 0 Å². The maximum Gasteiger partial charge on any atom is 0.573 e. The highest BCUT2D eigenvalue weighted by Crippen LogP contribution is 2.36. The van der Waals surface area contributed by atoms with E-state index in [1.165, 1.54) is 24.3 Å². The summed E-state index contributed by atoms with van der Waals surface area (Å²) in [5.74, 6) is -0.598. The molecule has 4 nitrogen and oxygen atoms in total. The topological polar surface area (TPSA) is 41.6 Å². The summed E-state index contributed by atoms with van der Waals surface area (Å²) in [4.78, 5) is 14.9. The number of hydrogen-bond donors (Lipinski definition) is 1. The van der Waals surface area contributed by atoms with Gasteiger partial charge in [-0.1, -0.05) is 60.7 Å². The van der Waals surface area contributed by atoms with Gasteiger partial charge in [0, 0.05) is 11.7 Å². The van der Waals surface area contributed by atoms with Crippen molar-refractivity contribution < 1.29 is 22.7 Å². The summed E-state index contributed by atoms with van der Waals surface area (Å²) in [5.41, 5.74) is 2.83. The van der Waals surface area contributed by atoms with Gasteiger partial charge in [0.2, 0.25) is 0 Å². The molecule has 0 fully saturated rings. The fourth-order valence-electron chi connectivity index (χ4n) is 3.71. The first kappa shape index (κ1) is 21.5. The minimum Gasteiger partial charge on any atom is -0.406 e. The van der Waals surface area contributed by atoms with Crippen LogP contribution in [0.2, 0.25) is 0 Å². The molecule has 2 atom stereocenters. The molecule has 0 aromatic heterocycles. The first-order valence-electron chi connectivity index (χ1n) is 10.1. The van der Waals surface area contributed by atoms with Crippen molar-refractivity contribution >= 4 is 11.6 Å². The van der Waals surface area contributed by atoms with Crippen molar-refractivity contribution in [1.82, 2.24) is 5.32 Å². The van der Waals surface area contributed by atoms with E-state index in [0.717, 1.165) is 11.1 Å². The molecule has 7 heteroatoms. The molecule has 0 saturated carbocycles. The van der Waals surface area contributed by atoms with Gasteiger partial charge in [-0.15, -0.1) is 13.2 Å². The third-order valence-electron chi connectivity index (χ3n) is 5.21. The molecule has 1 aliphatic rings. The lowest BCUT2D eigenvalue weighted by molar-refractivity contribution is -0.274. The lowest BCUT2D eigenvalue weighted by Gasteiger charge is -2.26. The molecular formula is C25H21F3N2O2. The second kappa shape index (κ2) is 8.78. The molecular weight excluding hydrogens is 417 g/mol. The van der Waals surface area contributed by atoms with E-state index < -0.39 is 12.4 Å². The van der Waals surface area contributed by atoms with Gasteiger partial charge < -0.3 is 10.1 Å². The van der Waals surface area contributed by atoms with E-state index in [-0.39, 0.29) is 17.7 Å². The number of alkyl halides is 3. The molecule has 164 valence electrons. The molecule has 0 bridgehead atoms. The number of ether oxygens (including phenoxy) is 1. The van der Waals surface area contributed by atoms with Crippen LogP contribution in [-0.2, 0) is 4.79 Å². The molecule has 3 aromatic carbocycles. The number of benzene rings is 3. The maximum atomic E-state index is 13.4. The van der Waals surface area contributed by atoms with Crippen LogP contribution in [0.15, 0.2) is 96.7 Å². The van der Waals surface area contributed by atoms with Crippen molar-refractivity contribution in [3.05, 3.63) is 108 Å². The summed E-state index contributed by atoms with van der Waals surface area (Å²) < 4.78 is 41.4. The van der Waals surface area contributed by atoms with Gasteiger partial charge >= 0.3 is 6.36 Å². The maximum absolute atomic E-state index is 13.4. The number of hydrogen-bond acceptors (Lipinski definition) is 3. The van der Waals surface area contributed by atoms with E-state index >= 15 is 0 Å². The van der Waals surface area contributed by atoms with Gasteiger partial charge in [0.05, 0.1) is 11.7 Å². The van der Waals surface area contributed by atoms with Crippen molar-refractivity contribution in [1.29, 1.82) is 0 Å². The van der Waals surface area contributed by atoms with E-state index in [0.29, 0.717) is 11.4 Å². The Labute approximate surface area is 183 Å². The Balaban J connectivity index is 1.63. The van der Waals surface area contributed by atoms with E-state index in [2.05, 4.69) is 10.1 Å². The highest BCUT2D eigenvalue weighted by Gasteiger charge is 2.36. The average Bonchev–Trinajstić information content (AvgIpc) is 3.10. The van der Waals surface area contributed by atoms with Crippen LogP contribution in [-0.4, -0.2) is 12.3 Å². The smallest absolute Gasteiger partial charge is 0.406 e. The average molecular weight is 438 g/mol. The summed E-state index contributed by atoms with van der Waals surface area (Å²) in [6.07, 6.45) is -2.93. The molecule has 0 spiro atoms. The number of rotatable bonds is 6. The Morgan fingerprint density at radius 1 is 0.906 bits per heavy atom. The normalized spacial score (nSPS) is 17.1. The van der Waals surface area contributed by atoms with Crippen LogP contribution >= 0.6 is 0 Å². The standard InChI is InChI=1S/C25H21F3N2O2/c1-17(18-8-4-2-5-9-18)29-22-16-23(19-10-6-3-7-11-19)30(24(22)31)20-12-14-21(15-13-20)32-25(26,27)28/h2-17,23,29H,1H3/t17-,23-/m1/s1. The fraction of sp³-hybridized carbons (Fsp3) is 0.160. The van der Waals surface area contributed by atoms with Crippen molar-refractivity contribution in [2.75, 3.05) is 4.90 Å². The zero-order chi connectivity index (χ0) is 22.7. The Morgan fingerprint density at radius 3 is 2.09 bits per heavy atom. The van der Waals surface area contributed by atoms with Crippen molar-refractivity contribution in [3.63, 3.8) is 0 Å². The summed E-state index contributed by atoms with van der Waals surface area (Å²) >= 11 is 0. The van der Waals surface area contributed by atoms with Crippen LogP contribution in [0.4, 0.5) is 18.9 Å². The van der Waals surface area contributed by atoms with E-state index in [1.54, 1.807) is 4.90 Å². The van der Waals surface area contributed by atoms with Gasteiger partial charge in [-0.05, 0) is 48.4 Å². The first-order valence-corrected chi connectivity index (χ1v) is 10.1. The van der Waals surface area contributed by atoms with Gasteiger partial charge in [0.25, 0.3) is 5.91 Å². The summed E-state index contributed by atoms with van der Waals surface area (Å²) in [5, 5.41) is 3.28. The third-order valence-corrected chi connectivity index (χ3v) is 5.21. The van der Waals surface area contributed by atoms with Gasteiger partial charge in [-0.2, -0.15) is 0 Å². The van der Waals surface area contributed by atoms with E-state index in [9.17, 15) is 18.0 Å².